The van der Waals surface area contributed by atoms with Gasteiger partial charge in [-0.1, -0.05) is 53.6 Å². The summed E-state index contributed by atoms with van der Waals surface area (Å²) in [6, 6.07) is 8.27. The van der Waals surface area contributed by atoms with E-state index in [0.717, 1.165) is 37.8 Å². The molecule has 2 aliphatic carbocycles. The van der Waals surface area contributed by atoms with Crippen molar-refractivity contribution in [2.45, 2.75) is 57.7 Å². The molecule has 0 saturated heterocycles. The fourth-order valence-electron chi connectivity index (χ4n) is 4.69. The van der Waals surface area contributed by atoms with Gasteiger partial charge in [0, 0.05) is 12.3 Å². The molecule has 1 fully saturated rings. The van der Waals surface area contributed by atoms with Crippen LogP contribution in [0.2, 0.25) is 0 Å². The molecule has 26 heavy (non-hydrogen) atoms. The standard InChI is InChI=1S/C23H33NO2/c1-16-5-4-7-17(11-16)13-20(25)8-9-21-22-14-18(6-2-3-10-24)12-19(22)15-23(21)26/h4-5,7-9,11-12,19-23,25-26H,2-3,6,10,13-15,24H2,1H3/b9-8+/t19-,20+,21+,22-,23+/m0/s1. The molecule has 0 bridgehead atoms. The Morgan fingerprint density at radius 2 is 2.15 bits per heavy atom. The van der Waals surface area contributed by atoms with Gasteiger partial charge >= 0.3 is 0 Å². The van der Waals surface area contributed by atoms with Crippen molar-refractivity contribution in [1.82, 2.24) is 0 Å². The van der Waals surface area contributed by atoms with E-state index in [1.807, 2.05) is 12.1 Å². The molecule has 1 saturated carbocycles. The number of aryl methyl sites for hydroxylation is 1. The highest BCUT2D eigenvalue weighted by atomic mass is 16.3. The molecule has 3 nitrogen and oxygen atoms in total. The Kier molecular flexibility index (Phi) is 6.68. The second-order valence-electron chi connectivity index (χ2n) is 8.13. The molecule has 5 atom stereocenters. The van der Waals surface area contributed by atoms with E-state index in [-0.39, 0.29) is 12.0 Å². The Morgan fingerprint density at radius 1 is 1.31 bits per heavy atom. The lowest BCUT2D eigenvalue weighted by Crippen LogP contribution is -2.18. The van der Waals surface area contributed by atoms with Crippen LogP contribution in [0.1, 0.15) is 43.2 Å². The summed E-state index contributed by atoms with van der Waals surface area (Å²) in [4.78, 5) is 0. The van der Waals surface area contributed by atoms with Crippen molar-refractivity contribution in [3.8, 4) is 0 Å². The van der Waals surface area contributed by atoms with Gasteiger partial charge in [-0.15, -0.1) is 0 Å². The largest absolute Gasteiger partial charge is 0.392 e. The molecule has 0 heterocycles. The van der Waals surface area contributed by atoms with E-state index in [1.165, 1.54) is 12.0 Å². The number of fused-ring (bicyclic) bond motifs is 1. The number of hydrogen-bond donors (Lipinski definition) is 3. The molecule has 142 valence electrons. The first kappa shape index (κ1) is 19.3. The number of rotatable bonds is 8. The van der Waals surface area contributed by atoms with E-state index < -0.39 is 6.10 Å². The average Bonchev–Trinajstić information content (AvgIpc) is 3.10. The van der Waals surface area contributed by atoms with E-state index in [2.05, 4.69) is 37.3 Å². The van der Waals surface area contributed by atoms with E-state index in [4.69, 9.17) is 5.73 Å². The maximum atomic E-state index is 10.5. The lowest BCUT2D eigenvalue weighted by molar-refractivity contribution is 0.140. The topological polar surface area (TPSA) is 66.5 Å². The van der Waals surface area contributed by atoms with E-state index in [1.54, 1.807) is 5.57 Å². The number of allylic oxidation sites excluding steroid dienone is 2. The summed E-state index contributed by atoms with van der Waals surface area (Å²) in [7, 11) is 0. The smallest absolute Gasteiger partial charge is 0.0761 e. The van der Waals surface area contributed by atoms with Crippen molar-refractivity contribution in [3.05, 3.63) is 59.2 Å². The summed E-state index contributed by atoms with van der Waals surface area (Å²) < 4.78 is 0. The quantitative estimate of drug-likeness (QED) is 0.494. The van der Waals surface area contributed by atoms with Crippen LogP contribution in [0, 0.1) is 24.7 Å². The van der Waals surface area contributed by atoms with Crippen molar-refractivity contribution in [2.24, 2.45) is 23.5 Å². The molecule has 0 aromatic heterocycles. The Balaban J connectivity index is 1.55. The van der Waals surface area contributed by atoms with Gasteiger partial charge in [-0.3, -0.25) is 0 Å². The zero-order chi connectivity index (χ0) is 18.5. The van der Waals surface area contributed by atoms with Gasteiger partial charge in [0.2, 0.25) is 0 Å². The monoisotopic (exact) mass is 355 g/mol. The van der Waals surface area contributed by atoms with Gasteiger partial charge in [-0.2, -0.15) is 0 Å². The Labute approximate surface area is 157 Å². The molecule has 0 spiro atoms. The van der Waals surface area contributed by atoms with Crippen LogP contribution in [-0.4, -0.2) is 29.0 Å². The maximum Gasteiger partial charge on any atom is 0.0761 e. The summed E-state index contributed by atoms with van der Waals surface area (Å²) >= 11 is 0. The van der Waals surface area contributed by atoms with E-state index >= 15 is 0 Å². The van der Waals surface area contributed by atoms with Crippen molar-refractivity contribution < 1.29 is 10.2 Å². The van der Waals surface area contributed by atoms with Crippen LogP contribution in [0.5, 0.6) is 0 Å². The predicted octanol–water partition coefficient (Wildman–Crippen LogP) is 3.53. The summed E-state index contributed by atoms with van der Waals surface area (Å²) in [5.74, 6) is 1.16. The van der Waals surface area contributed by atoms with Gasteiger partial charge in [0.05, 0.1) is 12.2 Å². The van der Waals surface area contributed by atoms with Gasteiger partial charge in [-0.05, 0) is 63.0 Å². The lowest BCUT2D eigenvalue weighted by Gasteiger charge is -2.19. The highest BCUT2D eigenvalue weighted by Gasteiger charge is 2.43. The second-order valence-corrected chi connectivity index (χ2v) is 8.13. The van der Waals surface area contributed by atoms with Crippen LogP contribution in [0.15, 0.2) is 48.1 Å². The first-order valence-corrected chi connectivity index (χ1v) is 10.1. The van der Waals surface area contributed by atoms with Crippen molar-refractivity contribution in [1.29, 1.82) is 0 Å². The van der Waals surface area contributed by atoms with Crippen LogP contribution in [0.25, 0.3) is 0 Å². The van der Waals surface area contributed by atoms with Crippen molar-refractivity contribution in [2.75, 3.05) is 6.54 Å². The summed E-state index contributed by atoms with van der Waals surface area (Å²) in [5.41, 5.74) is 9.50. The highest BCUT2D eigenvalue weighted by Crippen LogP contribution is 2.48. The number of benzene rings is 1. The maximum absolute atomic E-state index is 10.5. The van der Waals surface area contributed by atoms with E-state index in [0.29, 0.717) is 18.3 Å². The molecule has 0 aliphatic heterocycles. The van der Waals surface area contributed by atoms with Gasteiger partial charge in [0.1, 0.15) is 0 Å². The number of aliphatic hydroxyl groups is 2. The highest BCUT2D eigenvalue weighted by molar-refractivity contribution is 5.24. The van der Waals surface area contributed by atoms with Crippen LogP contribution < -0.4 is 5.73 Å². The van der Waals surface area contributed by atoms with Gasteiger partial charge in [-0.25, -0.2) is 0 Å². The first-order chi connectivity index (χ1) is 12.6. The number of aliphatic hydroxyl groups excluding tert-OH is 2. The average molecular weight is 356 g/mol. The third kappa shape index (κ3) is 4.85. The van der Waals surface area contributed by atoms with Crippen molar-refractivity contribution >= 4 is 0 Å². The molecule has 1 aromatic carbocycles. The fraction of sp³-hybridized carbons (Fsp3) is 0.565. The third-order valence-electron chi connectivity index (χ3n) is 5.98. The third-order valence-corrected chi connectivity index (χ3v) is 5.98. The minimum atomic E-state index is -0.499. The first-order valence-electron chi connectivity index (χ1n) is 10.1. The van der Waals surface area contributed by atoms with Crippen LogP contribution >= 0.6 is 0 Å². The molecule has 3 rings (SSSR count). The summed E-state index contributed by atoms with van der Waals surface area (Å²) in [5, 5.41) is 20.8. The summed E-state index contributed by atoms with van der Waals surface area (Å²) in [6.07, 6.45) is 11.6. The SMILES string of the molecule is Cc1cccc(C[C@H](O)/C=C/[C@@H]2[C@H]3CC(CCCCN)=C[C@H]3C[C@H]2O)c1. The molecule has 0 amide bonds. The normalized spacial score (nSPS) is 29.2. The number of hydrogen-bond acceptors (Lipinski definition) is 3. The van der Waals surface area contributed by atoms with Crippen LogP contribution in [0.4, 0.5) is 0 Å². The Bertz CT molecular complexity index is 651. The Morgan fingerprint density at radius 3 is 2.92 bits per heavy atom. The summed E-state index contributed by atoms with van der Waals surface area (Å²) in [6.45, 7) is 2.84. The van der Waals surface area contributed by atoms with Crippen LogP contribution in [-0.2, 0) is 6.42 Å². The zero-order valence-corrected chi connectivity index (χ0v) is 15.8. The predicted molar refractivity (Wildman–Crippen MR) is 107 cm³/mol. The minimum Gasteiger partial charge on any atom is -0.392 e. The molecule has 3 heteroatoms. The second kappa shape index (κ2) is 8.98. The molecule has 1 aromatic rings. The number of nitrogens with two attached hydrogens (primary N) is 1. The number of unbranched alkanes of at least 4 members (excludes halogenated alkanes) is 1. The van der Waals surface area contributed by atoms with Crippen LogP contribution in [0.3, 0.4) is 0 Å². The molecular weight excluding hydrogens is 322 g/mol. The Hall–Kier alpha value is -1.42. The van der Waals surface area contributed by atoms with Crippen molar-refractivity contribution in [3.63, 3.8) is 0 Å². The minimum absolute atomic E-state index is 0.162. The molecular formula is C23H33NO2. The lowest BCUT2D eigenvalue weighted by atomic mass is 9.88. The molecule has 0 unspecified atom stereocenters. The molecule has 4 N–H and O–H groups in total. The van der Waals surface area contributed by atoms with Gasteiger partial charge in [0.25, 0.3) is 0 Å². The molecule has 0 radical (unpaired) electrons. The van der Waals surface area contributed by atoms with Gasteiger partial charge < -0.3 is 15.9 Å². The van der Waals surface area contributed by atoms with E-state index in [9.17, 15) is 10.2 Å². The fourth-order valence-corrected chi connectivity index (χ4v) is 4.69. The zero-order valence-electron chi connectivity index (χ0n) is 15.8. The van der Waals surface area contributed by atoms with Gasteiger partial charge in [0.15, 0.2) is 0 Å². The molecule has 2 aliphatic rings.